The average Bonchev–Trinajstić information content (AvgIpc) is 2.67. The average molecular weight is 433 g/mol. The molecule has 0 aromatic heterocycles. The molecule has 7 nitrogen and oxygen atoms in total. The van der Waals surface area contributed by atoms with E-state index in [-0.39, 0.29) is 41.4 Å². The van der Waals surface area contributed by atoms with Crippen LogP contribution in [0.25, 0.3) is 0 Å². The Balaban J connectivity index is 2.00. The highest BCUT2D eigenvalue weighted by Gasteiger charge is 2.32. The maximum Gasteiger partial charge on any atom is 0.243 e. The molecule has 1 saturated heterocycles. The van der Waals surface area contributed by atoms with E-state index >= 15 is 0 Å². The molecule has 1 aliphatic heterocycles. The lowest BCUT2D eigenvalue weighted by Crippen LogP contribution is -2.55. The quantitative estimate of drug-likeness (QED) is 0.686. The third-order valence-electron chi connectivity index (χ3n) is 4.64. The van der Waals surface area contributed by atoms with E-state index in [0.717, 1.165) is 0 Å². The zero-order valence-electron chi connectivity index (χ0n) is 15.2. The molecule has 10 heteroatoms. The first-order chi connectivity index (χ1) is 12.7. The number of rotatable bonds is 6. The van der Waals surface area contributed by atoms with Gasteiger partial charge in [0.15, 0.2) is 0 Å². The van der Waals surface area contributed by atoms with E-state index in [1.165, 1.54) is 27.4 Å². The molecule has 2 rings (SSSR count). The summed E-state index contributed by atoms with van der Waals surface area (Å²) >= 11 is 11.8. The van der Waals surface area contributed by atoms with Crippen molar-refractivity contribution in [3.63, 3.8) is 0 Å². The second-order valence-corrected chi connectivity index (χ2v) is 9.11. The van der Waals surface area contributed by atoms with Gasteiger partial charge in [-0.3, -0.25) is 9.69 Å². The molecule has 0 N–H and O–H groups in total. The second-order valence-electron chi connectivity index (χ2n) is 6.36. The summed E-state index contributed by atoms with van der Waals surface area (Å²) in [6, 6.07) is 5.90. The van der Waals surface area contributed by atoms with Gasteiger partial charge in [-0.1, -0.05) is 23.2 Å². The molecular formula is C17H22Cl2N4O3S. The van der Waals surface area contributed by atoms with Crippen LogP contribution in [0, 0.1) is 11.3 Å². The highest BCUT2D eigenvalue weighted by Crippen LogP contribution is 2.27. The number of halogens is 2. The van der Waals surface area contributed by atoms with E-state index in [0.29, 0.717) is 24.7 Å². The Morgan fingerprint density at radius 1 is 1.26 bits per heavy atom. The van der Waals surface area contributed by atoms with E-state index in [1.807, 2.05) is 11.0 Å². The summed E-state index contributed by atoms with van der Waals surface area (Å²) in [6.45, 7) is 3.63. The molecule has 1 aliphatic rings. The van der Waals surface area contributed by atoms with Crippen LogP contribution in [0.5, 0.6) is 0 Å². The van der Waals surface area contributed by atoms with Gasteiger partial charge in [-0.2, -0.15) is 9.57 Å². The van der Waals surface area contributed by atoms with Crippen LogP contribution >= 0.6 is 23.2 Å². The number of nitrogens with zero attached hydrogens (tertiary/aromatic N) is 4. The van der Waals surface area contributed by atoms with E-state index < -0.39 is 10.0 Å². The van der Waals surface area contributed by atoms with Crippen molar-refractivity contribution in [1.82, 2.24) is 14.1 Å². The van der Waals surface area contributed by atoms with Gasteiger partial charge in [0.05, 0.1) is 33.5 Å². The number of sulfonamides is 1. The highest BCUT2D eigenvalue weighted by molar-refractivity contribution is 7.89. The van der Waals surface area contributed by atoms with Gasteiger partial charge in [0.25, 0.3) is 0 Å². The van der Waals surface area contributed by atoms with Gasteiger partial charge >= 0.3 is 0 Å². The fourth-order valence-electron chi connectivity index (χ4n) is 2.92. The molecule has 1 heterocycles. The first-order valence-electron chi connectivity index (χ1n) is 8.49. The summed E-state index contributed by atoms with van der Waals surface area (Å²) in [5, 5.41) is 9.13. The number of benzene rings is 1. The molecule has 1 aromatic rings. The predicted molar refractivity (Wildman–Crippen MR) is 104 cm³/mol. The summed E-state index contributed by atoms with van der Waals surface area (Å²) < 4.78 is 27.0. The second kappa shape index (κ2) is 9.22. The molecule has 1 aromatic carbocycles. The minimum atomic E-state index is -3.67. The Bertz CT molecular complexity index is 833. The number of likely N-dealkylation sites (N-methyl/N-ethyl adjacent to an activating group) is 1. The van der Waals surface area contributed by atoms with Gasteiger partial charge in [0.2, 0.25) is 15.9 Å². The number of hydrogen-bond acceptors (Lipinski definition) is 5. The normalized spacial score (nSPS) is 17.3. The highest BCUT2D eigenvalue weighted by atomic mass is 35.5. The standard InChI is InChI=1S/C17H22Cl2N4O3S/c1-13(17(24)21(2)7-3-6-20)22-8-10-23(11-9-22)27(25,26)14-4-5-15(18)16(19)12-14/h4-5,12-13H,3,7-11H2,1-2H3. The fourth-order valence-corrected chi connectivity index (χ4v) is 4.73. The summed E-state index contributed by atoms with van der Waals surface area (Å²) in [7, 11) is -2.00. The minimum Gasteiger partial charge on any atom is -0.343 e. The van der Waals surface area contributed by atoms with Crippen molar-refractivity contribution in [1.29, 1.82) is 5.26 Å². The maximum absolute atomic E-state index is 12.8. The topological polar surface area (TPSA) is 84.7 Å². The van der Waals surface area contributed by atoms with Crippen LogP contribution in [0.2, 0.25) is 10.0 Å². The van der Waals surface area contributed by atoms with Crippen LogP contribution in [-0.4, -0.2) is 74.2 Å². The van der Waals surface area contributed by atoms with Crippen molar-refractivity contribution in [2.45, 2.75) is 24.3 Å². The number of amides is 1. The molecule has 1 atom stereocenters. The van der Waals surface area contributed by atoms with Crippen molar-refractivity contribution >= 4 is 39.1 Å². The number of hydrogen-bond donors (Lipinski definition) is 0. The van der Waals surface area contributed by atoms with Crippen LogP contribution in [-0.2, 0) is 14.8 Å². The molecule has 0 bridgehead atoms. The Hall–Kier alpha value is -1.37. The van der Waals surface area contributed by atoms with Crippen molar-refractivity contribution in [2.24, 2.45) is 0 Å². The summed E-state index contributed by atoms with van der Waals surface area (Å²) in [5.41, 5.74) is 0. The largest absolute Gasteiger partial charge is 0.343 e. The predicted octanol–water partition coefficient (Wildman–Crippen LogP) is 2.06. The Labute approximate surface area is 170 Å². The number of carbonyl (C=O) groups is 1. The van der Waals surface area contributed by atoms with Crippen molar-refractivity contribution in [2.75, 3.05) is 39.8 Å². The Morgan fingerprint density at radius 2 is 1.89 bits per heavy atom. The smallest absolute Gasteiger partial charge is 0.243 e. The number of piperazine rings is 1. The lowest BCUT2D eigenvalue weighted by atomic mass is 10.2. The number of carbonyl (C=O) groups excluding carboxylic acids is 1. The summed E-state index contributed by atoms with van der Waals surface area (Å²) in [5.74, 6) is -0.0777. The molecule has 1 unspecified atom stereocenters. The molecule has 148 valence electrons. The third kappa shape index (κ3) is 5.12. The molecule has 0 saturated carbocycles. The van der Waals surface area contributed by atoms with Gasteiger partial charge in [-0.15, -0.1) is 0 Å². The van der Waals surface area contributed by atoms with Gasteiger partial charge in [-0.05, 0) is 25.1 Å². The van der Waals surface area contributed by atoms with E-state index in [2.05, 4.69) is 0 Å². The van der Waals surface area contributed by atoms with Crippen LogP contribution in [0.1, 0.15) is 13.3 Å². The van der Waals surface area contributed by atoms with Crippen molar-refractivity contribution in [3.8, 4) is 6.07 Å². The van der Waals surface area contributed by atoms with Crippen LogP contribution in [0.3, 0.4) is 0 Å². The molecule has 1 amide bonds. The maximum atomic E-state index is 12.8. The van der Waals surface area contributed by atoms with E-state index in [9.17, 15) is 13.2 Å². The monoisotopic (exact) mass is 432 g/mol. The SMILES string of the molecule is CC(C(=O)N(C)CCC#N)N1CCN(S(=O)(=O)c2ccc(Cl)c(Cl)c2)CC1. The van der Waals surface area contributed by atoms with Crippen LogP contribution in [0.15, 0.2) is 23.1 Å². The molecule has 27 heavy (non-hydrogen) atoms. The Kier molecular flexibility index (Phi) is 7.48. The number of nitriles is 1. The van der Waals surface area contributed by atoms with Gasteiger partial charge < -0.3 is 4.90 Å². The van der Waals surface area contributed by atoms with Gasteiger partial charge in [0.1, 0.15) is 0 Å². The van der Waals surface area contributed by atoms with Gasteiger partial charge in [0, 0.05) is 39.8 Å². The molecule has 0 aliphatic carbocycles. The third-order valence-corrected chi connectivity index (χ3v) is 7.28. The molecule has 0 radical (unpaired) electrons. The van der Waals surface area contributed by atoms with E-state index in [4.69, 9.17) is 28.5 Å². The Morgan fingerprint density at radius 3 is 2.44 bits per heavy atom. The van der Waals surface area contributed by atoms with E-state index in [1.54, 1.807) is 14.0 Å². The van der Waals surface area contributed by atoms with Crippen LogP contribution < -0.4 is 0 Å². The molecular weight excluding hydrogens is 411 g/mol. The summed E-state index contributed by atoms with van der Waals surface area (Å²) in [4.78, 5) is 16.0. The zero-order chi connectivity index (χ0) is 20.2. The van der Waals surface area contributed by atoms with Crippen molar-refractivity contribution < 1.29 is 13.2 Å². The lowest BCUT2D eigenvalue weighted by Gasteiger charge is -2.37. The van der Waals surface area contributed by atoms with Crippen LogP contribution in [0.4, 0.5) is 0 Å². The zero-order valence-corrected chi connectivity index (χ0v) is 17.6. The minimum absolute atomic E-state index is 0.0777. The first-order valence-corrected chi connectivity index (χ1v) is 10.7. The summed E-state index contributed by atoms with van der Waals surface area (Å²) in [6.07, 6.45) is 0.282. The fraction of sp³-hybridized carbons (Fsp3) is 0.529. The first kappa shape index (κ1) is 21.9. The van der Waals surface area contributed by atoms with Gasteiger partial charge in [-0.25, -0.2) is 8.42 Å². The van der Waals surface area contributed by atoms with Crippen molar-refractivity contribution in [3.05, 3.63) is 28.2 Å². The molecule has 0 spiro atoms. The lowest BCUT2D eigenvalue weighted by molar-refractivity contribution is -0.135. The molecule has 1 fully saturated rings.